The lowest BCUT2D eigenvalue weighted by atomic mass is 10.4. The summed E-state index contributed by atoms with van der Waals surface area (Å²) in [6.07, 6.45) is 0. The Bertz CT molecular complexity index is 347. The molecular formula is C8H9NO4S. The molecule has 0 unspecified atom stereocenters. The summed E-state index contributed by atoms with van der Waals surface area (Å²) in [4.78, 5) is 22.1. The van der Waals surface area contributed by atoms with Crippen molar-refractivity contribution in [3.05, 3.63) is 16.3 Å². The van der Waals surface area contributed by atoms with Crippen molar-refractivity contribution in [1.29, 1.82) is 0 Å². The number of nitrogens with one attached hydrogen (secondary N) is 1. The van der Waals surface area contributed by atoms with Gasteiger partial charge in [0.1, 0.15) is 17.2 Å². The van der Waals surface area contributed by atoms with Gasteiger partial charge in [0, 0.05) is 0 Å². The van der Waals surface area contributed by atoms with Crippen LogP contribution in [0.5, 0.6) is 5.75 Å². The van der Waals surface area contributed by atoms with Crippen molar-refractivity contribution in [3.8, 4) is 5.75 Å². The van der Waals surface area contributed by atoms with Gasteiger partial charge in [-0.05, 0) is 11.4 Å². The smallest absolute Gasteiger partial charge is 0.325 e. The highest BCUT2D eigenvalue weighted by Crippen LogP contribution is 2.22. The van der Waals surface area contributed by atoms with E-state index >= 15 is 0 Å². The fourth-order valence-corrected chi connectivity index (χ4v) is 1.48. The van der Waals surface area contributed by atoms with Gasteiger partial charge in [0.2, 0.25) is 0 Å². The fourth-order valence-electron chi connectivity index (χ4n) is 0.777. The van der Waals surface area contributed by atoms with Crippen molar-refractivity contribution in [2.45, 2.75) is 0 Å². The zero-order valence-corrected chi connectivity index (χ0v) is 8.26. The van der Waals surface area contributed by atoms with Crippen molar-refractivity contribution in [2.24, 2.45) is 0 Å². The molecule has 14 heavy (non-hydrogen) atoms. The molecule has 5 nitrogen and oxygen atoms in total. The molecule has 0 atom stereocenters. The van der Waals surface area contributed by atoms with Crippen LogP contribution in [-0.2, 0) is 9.53 Å². The molecule has 2 N–H and O–H groups in total. The summed E-state index contributed by atoms with van der Waals surface area (Å²) in [6.45, 7) is -0.202. The summed E-state index contributed by atoms with van der Waals surface area (Å²) in [6, 6.07) is 1.41. The monoisotopic (exact) mass is 215 g/mol. The minimum Gasteiger partial charge on any atom is -0.506 e. The zero-order valence-electron chi connectivity index (χ0n) is 7.44. The summed E-state index contributed by atoms with van der Waals surface area (Å²) in [5.41, 5.74) is 0. The lowest BCUT2D eigenvalue weighted by Gasteiger charge is -2.01. The lowest BCUT2D eigenvalue weighted by Crippen LogP contribution is -2.29. The van der Waals surface area contributed by atoms with Crippen LogP contribution in [0.2, 0.25) is 0 Å². The number of rotatable bonds is 3. The number of hydrogen-bond donors (Lipinski definition) is 2. The predicted octanol–water partition coefficient (Wildman–Crippen LogP) is 0.356. The van der Waals surface area contributed by atoms with Crippen LogP contribution in [-0.4, -0.2) is 30.6 Å². The van der Waals surface area contributed by atoms with E-state index in [2.05, 4.69) is 10.1 Å². The molecule has 1 amide bonds. The van der Waals surface area contributed by atoms with Crippen molar-refractivity contribution in [2.75, 3.05) is 13.7 Å². The molecule has 0 fully saturated rings. The van der Waals surface area contributed by atoms with Gasteiger partial charge >= 0.3 is 5.97 Å². The van der Waals surface area contributed by atoms with Gasteiger partial charge in [-0.2, -0.15) is 0 Å². The summed E-state index contributed by atoms with van der Waals surface area (Å²) in [7, 11) is 1.23. The maximum atomic E-state index is 11.3. The number of carbonyl (C=O) groups excluding carboxylic acids is 2. The first kappa shape index (κ1) is 10.5. The van der Waals surface area contributed by atoms with E-state index in [9.17, 15) is 14.7 Å². The van der Waals surface area contributed by atoms with Gasteiger partial charge in [0.15, 0.2) is 0 Å². The van der Waals surface area contributed by atoms with Gasteiger partial charge < -0.3 is 15.2 Å². The number of ether oxygens (including phenoxy) is 1. The molecule has 1 heterocycles. The highest BCUT2D eigenvalue weighted by atomic mass is 32.1. The van der Waals surface area contributed by atoms with Crippen LogP contribution < -0.4 is 5.32 Å². The van der Waals surface area contributed by atoms with Crippen LogP contribution in [0.15, 0.2) is 11.4 Å². The van der Waals surface area contributed by atoms with Crippen LogP contribution in [0.1, 0.15) is 9.67 Å². The highest BCUT2D eigenvalue weighted by Gasteiger charge is 2.13. The fraction of sp³-hybridized carbons (Fsp3) is 0.250. The molecule has 0 aliphatic rings. The molecule has 0 radical (unpaired) electrons. The number of thiophene rings is 1. The van der Waals surface area contributed by atoms with E-state index in [0.29, 0.717) is 0 Å². The third-order valence-corrected chi connectivity index (χ3v) is 2.37. The van der Waals surface area contributed by atoms with Crippen LogP contribution in [0.3, 0.4) is 0 Å². The molecule has 0 spiro atoms. The lowest BCUT2D eigenvalue weighted by molar-refractivity contribution is -0.139. The number of amides is 1. The molecule has 76 valence electrons. The van der Waals surface area contributed by atoms with E-state index in [1.807, 2.05) is 0 Å². The molecule has 0 saturated carbocycles. The average Bonchev–Trinajstić information content (AvgIpc) is 2.60. The second-order valence-electron chi connectivity index (χ2n) is 2.39. The summed E-state index contributed by atoms with van der Waals surface area (Å²) >= 11 is 1.10. The van der Waals surface area contributed by atoms with Crippen molar-refractivity contribution < 1.29 is 19.4 Å². The first-order valence-electron chi connectivity index (χ1n) is 3.76. The van der Waals surface area contributed by atoms with E-state index in [-0.39, 0.29) is 17.2 Å². The van der Waals surface area contributed by atoms with Crippen LogP contribution >= 0.6 is 11.3 Å². The Labute approximate surface area is 84.3 Å². The third-order valence-electron chi connectivity index (χ3n) is 1.47. The third kappa shape index (κ3) is 2.46. The van der Waals surface area contributed by atoms with E-state index in [0.717, 1.165) is 11.3 Å². The maximum absolute atomic E-state index is 11.3. The van der Waals surface area contributed by atoms with Crippen LogP contribution in [0.4, 0.5) is 0 Å². The normalized spacial score (nSPS) is 9.50. The Kier molecular flexibility index (Phi) is 3.47. The maximum Gasteiger partial charge on any atom is 0.325 e. The van der Waals surface area contributed by atoms with E-state index in [1.54, 1.807) is 5.38 Å². The van der Waals surface area contributed by atoms with Crippen molar-refractivity contribution in [1.82, 2.24) is 5.32 Å². The molecule has 1 rings (SSSR count). The molecule has 0 bridgehead atoms. The standard InChI is InChI=1S/C8H9NO4S/c1-13-6(11)4-9-8(12)7-5(10)2-3-14-7/h2-3,10H,4H2,1H3,(H,9,12). The summed E-state index contributed by atoms with van der Waals surface area (Å²) in [5, 5.41) is 13.1. The zero-order chi connectivity index (χ0) is 10.6. The SMILES string of the molecule is COC(=O)CNC(=O)c1sccc1O. The Balaban J connectivity index is 2.52. The number of methoxy groups -OCH3 is 1. The predicted molar refractivity (Wildman–Crippen MR) is 50.3 cm³/mol. The second-order valence-corrected chi connectivity index (χ2v) is 3.31. The van der Waals surface area contributed by atoms with Crippen molar-refractivity contribution >= 4 is 23.2 Å². The van der Waals surface area contributed by atoms with E-state index in [4.69, 9.17) is 0 Å². The minimum atomic E-state index is -0.533. The molecular weight excluding hydrogens is 206 g/mol. The molecule has 0 aliphatic carbocycles. The first-order chi connectivity index (χ1) is 6.65. The molecule has 1 aromatic heterocycles. The molecule has 6 heteroatoms. The topological polar surface area (TPSA) is 75.6 Å². The van der Waals surface area contributed by atoms with Crippen LogP contribution in [0, 0.1) is 0 Å². The van der Waals surface area contributed by atoms with Crippen LogP contribution in [0.25, 0.3) is 0 Å². The van der Waals surface area contributed by atoms with Gasteiger partial charge in [-0.3, -0.25) is 9.59 Å². The number of hydrogen-bond acceptors (Lipinski definition) is 5. The highest BCUT2D eigenvalue weighted by molar-refractivity contribution is 7.12. The Hall–Kier alpha value is -1.56. The van der Waals surface area contributed by atoms with E-state index < -0.39 is 11.9 Å². The number of carbonyl (C=O) groups is 2. The molecule has 1 aromatic rings. The van der Waals surface area contributed by atoms with Gasteiger partial charge in [-0.1, -0.05) is 0 Å². The van der Waals surface area contributed by atoms with Gasteiger partial charge in [0.25, 0.3) is 5.91 Å². The second kappa shape index (κ2) is 4.61. The minimum absolute atomic E-state index is 0.0858. The average molecular weight is 215 g/mol. The van der Waals surface area contributed by atoms with Gasteiger partial charge in [0.05, 0.1) is 7.11 Å². The van der Waals surface area contributed by atoms with Crippen molar-refractivity contribution in [3.63, 3.8) is 0 Å². The van der Waals surface area contributed by atoms with E-state index in [1.165, 1.54) is 13.2 Å². The number of aromatic hydroxyl groups is 1. The Morgan fingerprint density at radius 1 is 1.64 bits per heavy atom. The first-order valence-corrected chi connectivity index (χ1v) is 4.64. The van der Waals surface area contributed by atoms with Gasteiger partial charge in [-0.25, -0.2) is 0 Å². The largest absolute Gasteiger partial charge is 0.506 e. The molecule has 0 saturated heterocycles. The quantitative estimate of drug-likeness (QED) is 0.714. The summed E-state index contributed by atoms with van der Waals surface area (Å²) < 4.78 is 4.34. The number of esters is 1. The van der Waals surface area contributed by atoms with Gasteiger partial charge in [-0.15, -0.1) is 11.3 Å². The summed E-state index contributed by atoms with van der Waals surface area (Å²) in [5.74, 6) is -1.10. The Morgan fingerprint density at radius 2 is 2.36 bits per heavy atom. The Morgan fingerprint density at radius 3 is 2.86 bits per heavy atom. The molecule has 0 aromatic carbocycles. The molecule has 0 aliphatic heterocycles.